The topological polar surface area (TPSA) is 56.7 Å². The van der Waals surface area contributed by atoms with Gasteiger partial charge in [-0.05, 0) is 6.42 Å². The predicted octanol–water partition coefficient (Wildman–Crippen LogP) is 1.86. The molecule has 1 atom stereocenters. The number of halogens is 1. The molecule has 0 aliphatic carbocycles. The second-order valence-electron chi connectivity index (χ2n) is 5.10. The van der Waals surface area contributed by atoms with Crippen molar-refractivity contribution in [1.29, 1.82) is 0 Å². The summed E-state index contributed by atoms with van der Waals surface area (Å²) in [5.74, 6) is 0. The SMILES string of the molecule is CCCn1nncc1C(F)(CN)C(C)(C)C. The zero-order valence-corrected chi connectivity index (χ0v) is 10.5. The second-order valence-corrected chi connectivity index (χ2v) is 5.10. The molecule has 1 unspecified atom stereocenters. The van der Waals surface area contributed by atoms with E-state index in [0.717, 1.165) is 6.42 Å². The summed E-state index contributed by atoms with van der Waals surface area (Å²) in [5.41, 5.74) is 3.92. The Kier molecular flexibility index (Phi) is 3.68. The van der Waals surface area contributed by atoms with Gasteiger partial charge in [-0.3, -0.25) is 0 Å². The van der Waals surface area contributed by atoms with Crippen molar-refractivity contribution in [3.05, 3.63) is 11.9 Å². The molecule has 0 bridgehead atoms. The Labute approximate surface area is 96.0 Å². The third kappa shape index (κ3) is 2.09. The zero-order valence-electron chi connectivity index (χ0n) is 10.5. The molecule has 1 rings (SSSR count). The maximum absolute atomic E-state index is 15.0. The number of hydrogen-bond acceptors (Lipinski definition) is 3. The Morgan fingerprint density at radius 3 is 2.50 bits per heavy atom. The van der Waals surface area contributed by atoms with Crippen LogP contribution in [-0.2, 0) is 12.2 Å². The van der Waals surface area contributed by atoms with Crippen LogP contribution in [-0.4, -0.2) is 21.5 Å². The van der Waals surface area contributed by atoms with Crippen LogP contribution in [0.5, 0.6) is 0 Å². The molecule has 0 saturated carbocycles. The minimum atomic E-state index is -1.59. The van der Waals surface area contributed by atoms with Gasteiger partial charge in [-0.2, -0.15) is 0 Å². The number of rotatable bonds is 4. The Morgan fingerprint density at radius 2 is 2.06 bits per heavy atom. The van der Waals surface area contributed by atoms with Crippen LogP contribution in [0.4, 0.5) is 4.39 Å². The molecule has 0 saturated heterocycles. The van der Waals surface area contributed by atoms with E-state index in [0.29, 0.717) is 12.2 Å². The lowest BCUT2D eigenvalue weighted by Gasteiger charge is -2.36. The van der Waals surface area contributed by atoms with Gasteiger partial charge in [-0.1, -0.05) is 32.9 Å². The largest absolute Gasteiger partial charge is 0.327 e. The highest BCUT2D eigenvalue weighted by atomic mass is 19.1. The summed E-state index contributed by atoms with van der Waals surface area (Å²) < 4.78 is 16.6. The molecular weight excluding hydrogens is 207 g/mol. The van der Waals surface area contributed by atoms with Crippen LogP contribution in [0.1, 0.15) is 39.8 Å². The van der Waals surface area contributed by atoms with Crippen molar-refractivity contribution >= 4 is 0 Å². The van der Waals surface area contributed by atoms with Gasteiger partial charge < -0.3 is 5.73 Å². The summed E-state index contributed by atoms with van der Waals surface area (Å²) in [6.45, 7) is 8.13. The Bertz CT molecular complexity index is 342. The Morgan fingerprint density at radius 1 is 1.44 bits per heavy atom. The molecule has 16 heavy (non-hydrogen) atoms. The highest BCUT2D eigenvalue weighted by Gasteiger charge is 2.45. The Hall–Kier alpha value is -0.970. The number of nitrogens with two attached hydrogens (primary N) is 1. The van der Waals surface area contributed by atoms with Crippen molar-refractivity contribution in [2.24, 2.45) is 11.1 Å². The first-order valence-electron chi connectivity index (χ1n) is 5.64. The summed E-state index contributed by atoms with van der Waals surface area (Å²) in [6.07, 6.45) is 2.37. The fraction of sp³-hybridized carbons (Fsp3) is 0.818. The smallest absolute Gasteiger partial charge is 0.170 e. The van der Waals surface area contributed by atoms with Crippen LogP contribution in [0.3, 0.4) is 0 Å². The number of aryl methyl sites for hydroxylation is 1. The molecule has 0 radical (unpaired) electrons. The number of hydrogen-bond donors (Lipinski definition) is 1. The van der Waals surface area contributed by atoms with Crippen molar-refractivity contribution in [1.82, 2.24) is 15.0 Å². The molecule has 0 aromatic carbocycles. The molecule has 1 aromatic rings. The molecule has 2 N–H and O–H groups in total. The molecule has 1 aromatic heterocycles. The highest BCUT2D eigenvalue weighted by molar-refractivity contribution is 5.14. The van der Waals surface area contributed by atoms with Crippen LogP contribution < -0.4 is 5.73 Å². The molecule has 92 valence electrons. The van der Waals surface area contributed by atoms with Crippen molar-refractivity contribution in [3.63, 3.8) is 0 Å². The van der Waals surface area contributed by atoms with E-state index in [1.165, 1.54) is 6.20 Å². The van der Waals surface area contributed by atoms with Gasteiger partial charge in [0.25, 0.3) is 0 Å². The van der Waals surface area contributed by atoms with Gasteiger partial charge >= 0.3 is 0 Å². The zero-order chi connectivity index (χ0) is 12.4. The summed E-state index contributed by atoms with van der Waals surface area (Å²) in [4.78, 5) is 0. The van der Waals surface area contributed by atoms with Crippen molar-refractivity contribution in [2.75, 3.05) is 6.54 Å². The van der Waals surface area contributed by atoms with Gasteiger partial charge in [0, 0.05) is 18.5 Å². The van der Waals surface area contributed by atoms with Crippen molar-refractivity contribution in [2.45, 2.75) is 46.3 Å². The van der Waals surface area contributed by atoms with Crippen LogP contribution in [0.25, 0.3) is 0 Å². The fourth-order valence-electron chi connectivity index (χ4n) is 1.74. The molecule has 4 nitrogen and oxygen atoms in total. The standard InChI is InChI=1S/C11H21FN4/c1-5-6-16-9(7-14-15-16)11(12,8-13)10(2,3)4/h7H,5-6,8,13H2,1-4H3. The average molecular weight is 228 g/mol. The van der Waals surface area contributed by atoms with E-state index < -0.39 is 11.1 Å². The molecule has 5 heteroatoms. The highest BCUT2D eigenvalue weighted by Crippen LogP contribution is 2.41. The van der Waals surface area contributed by atoms with E-state index in [9.17, 15) is 4.39 Å². The fourth-order valence-corrected chi connectivity index (χ4v) is 1.74. The third-order valence-electron chi connectivity index (χ3n) is 2.93. The first kappa shape index (κ1) is 13.1. The lowest BCUT2D eigenvalue weighted by Crippen LogP contribution is -2.44. The predicted molar refractivity (Wildman–Crippen MR) is 61.6 cm³/mol. The third-order valence-corrected chi connectivity index (χ3v) is 2.93. The monoisotopic (exact) mass is 228 g/mol. The van der Waals surface area contributed by atoms with Crippen LogP contribution >= 0.6 is 0 Å². The molecule has 0 spiro atoms. The van der Waals surface area contributed by atoms with Crippen LogP contribution in [0.2, 0.25) is 0 Å². The quantitative estimate of drug-likeness (QED) is 0.855. The summed E-state index contributed by atoms with van der Waals surface area (Å²) >= 11 is 0. The van der Waals surface area contributed by atoms with Crippen LogP contribution in [0, 0.1) is 5.41 Å². The maximum atomic E-state index is 15.0. The second kappa shape index (κ2) is 4.49. The minimum Gasteiger partial charge on any atom is -0.327 e. The molecule has 1 heterocycles. The van der Waals surface area contributed by atoms with Crippen LogP contribution in [0.15, 0.2) is 6.20 Å². The van der Waals surface area contributed by atoms with E-state index in [2.05, 4.69) is 10.3 Å². The van der Waals surface area contributed by atoms with Gasteiger partial charge in [-0.25, -0.2) is 9.07 Å². The number of aromatic nitrogens is 3. The van der Waals surface area contributed by atoms with Gasteiger partial charge in [0.15, 0.2) is 5.67 Å². The van der Waals surface area contributed by atoms with E-state index in [1.807, 2.05) is 27.7 Å². The van der Waals surface area contributed by atoms with Gasteiger partial charge in [-0.15, -0.1) is 5.10 Å². The lowest BCUT2D eigenvalue weighted by molar-refractivity contribution is 0.0251. The first-order chi connectivity index (χ1) is 7.36. The molecule has 0 aliphatic rings. The summed E-state index contributed by atoms with van der Waals surface area (Å²) in [5, 5.41) is 7.69. The molecule has 0 aliphatic heterocycles. The molecule has 0 amide bonds. The van der Waals surface area contributed by atoms with Crippen molar-refractivity contribution in [3.8, 4) is 0 Å². The summed E-state index contributed by atoms with van der Waals surface area (Å²) in [7, 11) is 0. The van der Waals surface area contributed by atoms with E-state index in [-0.39, 0.29) is 6.54 Å². The van der Waals surface area contributed by atoms with E-state index in [1.54, 1.807) is 4.68 Å². The van der Waals surface area contributed by atoms with Crippen molar-refractivity contribution < 1.29 is 4.39 Å². The first-order valence-corrected chi connectivity index (χ1v) is 5.64. The molecule has 0 fully saturated rings. The normalized spacial score (nSPS) is 16.1. The van der Waals surface area contributed by atoms with E-state index in [4.69, 9.17) is 5.73 Å². The lowest BCUT2D eigenvalue weighted by atomic mass is 9.76. The number of nitrogens with zero attached hydrogens (tertiary/aromatic N) is 3. The Balaban J connectivity index is 3.18. The summed E-state index contributed by atoms with van der Waals surface area (Å²) in [6, 6.07) is 0. The molecular formula is C11H21FN4. The van der Waals surface area contributed by atoms with Gasteiger partial charge in [0.1, 0.15) is 0 Å². The van der Waals surface area contributed by atoms with Gasteiger partial charge in [0.05, 0.1) is 11.9 Å². The average Bonchev–Trinajstić information content (AvgIpc) is 2.64. The van der Waals surface area contributed by atoms with Gasteiger partial charge in [0.2, 0.25) is 0 Å². The van der Waals surface area contributed by atoms with E-state index >= 15 is 0 Å². The maximum Gasteiger partial charge on any atom is 0.170 e. The minimum absolute atomic E-state index is 0.0619. The number of alkyl halides is 1.